The molecule has 180 valence electrons. The molecule has 8 nitrogen and oxygen atoms in total. The zero-order chi connectivity index (χ0) is 23.9. The molecular formula is C18H20F6NO7+. The summed E-state index contributed by atoms with van der Waals surface area (Å²) in [7, 11) is 0. The number of fused-ring (bicyclic) bond motifs is 1. The Kier molecular flexibility index (Phi) is 8.72. The highest BCUT2D eigenvalue weighted by atomic mass is 19.4. The number of halogens is 6. The summed E-state index contributed by atoms with van der Waals surface area (Å²) in [6.45, 7) is 0.939. The van der Waals surface area contributed by atoms with Gasteiger partial charge in [0, 0.05) is 5.56 Å². The molecule has 1 heterocycles. The van der Waals surface area contributed by atoms with Gasteiger partial charge >= 0.3 is 18.5 Å². The molecule has 0 saturated heterocycles. The zero-order valence-electron chi connectivity index (χ0n) is 16.6. The van der Waals surface area contributed by atoms with Crippen molar-refractivity contribution in [1.82, 2.24) is 0 Å². The van der Waals surface area contributed by atoms with Crippen molar-refractivity contribution in [2.75, 3.05) is 26.4 Å². The molecule has 0 saturated carbocycles. The van der Waals surface area contributed by atoms with Gasteiger partial charge in [0.05, 0.1) is 18.8 Å². The van der Waals surface area contributed by atoms with Gasteiger partial charge in [-0.2, -0.15) is 23.2 Å². The van der Waals surface area contributed by atoms with E-state index in [2.05, 4.69) is 9.57 Å². The molecule has 2 rings (SSSR count). The van der Waals surface area contributed by atoms with Crippen LogP contribution >= 0.6 is 0 Å². The van der Waals surface area contributed by atoms with Gasteiger partial charge in [-0.1, -0.05) is 12.6 Å². The first-order chi connectivity index (χ1) is 15.0. The lowest BCUT2D eigenvalue weighted by molar-refractivity contribution is -1.06. The van der Waals surface area contributed by atoms with Crippen LogP contribution in [0.3, 0.4) is 0 Å². The van der Waals surface area contributed by atoms with Crippen LogP contribution in [0, 0.1) is 0 Å². The first kappa shape index (κ1) is 25.7. The van der Waals surface area contributed by atoms with Gasteiger partial charge in [0.25, 0.3) is 0 Å². The van der Waals surface area contributed by atoms with E-state index in [1.54, 1.807) is 0 Å². The molecule has 0 aliphatic carbocycles. The van der Waals surface area contributed by atoms with E-state index >= 15 is 0 Å². The van der Waals surface area contributed by atoms with Crippen LogP contribution in [-0.4, -0.2) is 56.2 Å². The lowest BCUT2D eigenvalue weighted by atomic mass is 9.97. The number of alkyl halides is 6. The fourth-order valence-electron chi connectivity index (χ4n) is 2.76. The molecule has 0 amide bonds. The van der Waals surface area contributed by atoms with Crippen molar-refractivity contribution in [2.45, 2.75) is 32.0 Å². The number of hydrogen-bond donors (Lipinski definition) is 2. The maximum absolute atomic E-state index is 13.5. The van der Waals surface area contributed by atoms with Crippen molar-refractivity contribution in [3.05, 3.63) is 28.8 Å². The summed E-state index contributed by atoms with van der Waals surface area (Å²) in [6.07, 6.45) is -11.9. The number of aryl methyl sites for hydroxylation is 1. The smallest absolute Gasteiger partial charge is 0.475 e. The van der Waals surface area contributed by atoms with Crippen LogP contribution in [0.15, 0.2) is 17.7 Å². The molecule has 1 unspecified atom stereocenters. The van der Waals surface area contributed by atoms with Gasteiger partial charge in [-0.25, -0.2) is 4.79 Å². The molecule has 32 heavy (non-hydrogen) atoms. The monoisotopic (exact) mass is 476 g/mol. The number of esters is 1. The van der Waals surface area contributed by atoms with E-state index in [4.69, 9.17) is 19.4 Å². The Labute approximate surface area is 177 Å². The number of hydrogen-bond acceptors (Lipinski definition) is 7. The van der Waals surface area contributed by atoms with Crippen molar-refractivity contribution in [2.24, 2.45) is 0 Å². The summed E-state index contributed by atoms with van der Waals surface area (Å²) < 4.78 is 97.0. The molecular weight excluding hydrogens is 456 g/mol. The van der Waals surface area contributed by atoms with Crippen LogP contribution in [0.4, 0.5) is 26.3 Å². The molecule has 0 aromatic heterocycles. The highest BCUT2D eigenvalue weighted by molar-refractivity contribution is 5.96. The fourth-order valence-corrected chi connectivity index (χ4v) is 2.76. The topological polar surface area (TPSA) is 100 Å². The third kappa shape index (κ3) is 7.25. The number of rotatable bonds is 10. The molecule has 14 heteroatoms. The largest absolute Gasteiger partial charge is 0.573 e. The molecule has 1 aliphatic heterocycles. The maximum atomic E-state index is 13.5. The highest BCUT2D eigenvalue weighted by Crippen LogP contribution is 2.42. The molecule has 0 bridgehead atoms. The van der Waals surface area contributed by atoms with Gasteiger partial charge < -0.3 is 18.9 Å². The average molecular weight is 476 g/mol. The molecule has 1 aromatic carbocycles. The third-order valence-electron chi connectivity index (χ3n) is 4.03. The second kappa shape index (κ2) is 10.8. The van der Waals surface area contributed by atoms with Crippen molar-refractivity contribution in [1.29, 1.82) is 0 Å². The number of benzene rings is 1. The Morgan fingerprint density at radius 3 is 2.41 bits per heavy atom. The Hall–Kier alpha value is -2.55. The van der Waals surface area contributed by atoms with E-state index in [1.807, 2.05) is 0 Å². The minimum atomic E-state index is -5.02. The predicted octanol–water partition coefficient (Wildman–Crippen LogP) is 2.30. The molecule has 3 N–H and O–H groups in total. The summed E-state index contributed by atoms with van der Waals surface area (Å²) in [5.41, 5.74) is -0.641. The fraction of sp³-hybridized carbons (Fsp3) is 0.500. The van der Waals surface area contributed by atoms with Gasteiger partial charge in [-0.05, 0) is 30.2 Å². The second-order valence-corrected chi connectivity index (χ2v) is 6.27. The molecule has 0 spiro atoms. The van der Waals surface area contributed by atoms with Gasteiger partial charge in [0.1, 0.15) is 24.7 Å². The number of carbonyl (C=O) groups excluding carboxylic acids is 1. The summed E-state index contributed by atoms with van der Waals surface area (Å²) >= 11 is 0. The zero-order valence-corrected chi connectivity index (χ0v) is 16.6. The van der Waals surface area contributed by atoms with Crippen molar-refractivity contribution >= 4 is 12.0 Å². The number of nitrogens with two attached hydrogens (primary N) is 1. The molecule has 0 fully saturated rings. The molecule has 0 radical (unpaired) electrons. The van der Waals surface area contributed by atoms with Crippen LogP contribution in [0.2, 0.25) is 0 Å². The standard InChI is InChI=1S/C18H20F6NO7/c1-2-10-7-12(32-18(22,23)24)8-11-9-13(15(17(19,20)21)31-14(10)11)16(26)29-5-3-28-4-6-30-25-27/h7-9,15,27H,2-6,25H2,1H3/q+1. The van der Waals surface area contributed by atoms with Crippen molar-refractivity contribution in [3.8, 4) is 11.5 Å². The minimum absolute atomic E-state index is 0.00152. The average Bonchev–Trinajstić information content (AvgIpc) is 2.69. The van der Waals surface area contributed by atoms with Gasteiger partial charge in [-0.15, -0.1) is 13.2 Å². The summed E-state index contributed by atoms with van der Waals surface area (Å²) in [5, 5.41) is 8.31. The maximum Gasteiger partial charge on any atom is 0.573 e. The van der Waals surface area contributed by atoms with E-state index < -0.39 is 42.5 Å². The first-order valence-corrected chi connectivity index (χ1v) is 9.16. The van der Waals surface area contributed by atoms with Crippen LogP contribution in [0.5, 0.6) is 11.5 Å². The van der Waals surface area contributed by atoms with E-state index in [0.717, 1.165) is 18.2 Å². The van der Waals surface area contributed by atoms with E-state index in [0.29, 0.717) is 5.64 Å². The predicted molar refractivity (Wildman–Crippen MR) is 92.4 cm³/mol. The summed E-state index contributed by atoms with van der Waals surface area (Å²) in [4.78, 5) is 16.7. The van der Waals surface area contributed by atoms with E-state index in [-0.39, 0.29) is 43.1 Å². The Balaban J connectivity index is 2.24. The lowest BCUT2D eigenvalue weighted by Crippen LogP contribution is -2.79. The van der Waals surface area contributed by atoms with Gasteiger partial charge in [-0.3, -0.25) is 0 Å². The minimum Gasteiger partial charge on any atom is -0.475 e. The van der Waals surface area contributed by atoms with Crippen LogP contribution in [0.25, 0.3) is 6.08 Å². The normalized spacial score (nSPS) is 16.1. The Bertz CT molecular complexity index is 825. The van der Waals surface area contributed by atoms with Crippen LogP contribution < -0.4 is 15.1 Å². The SMILES string of the molecule is CCc1cc(OC(F)(F)F)cc2c1OC(C(F)(F)F)C(C(=O)OCCOCCO[NH2+]O)=C2. The number of carbonyl (C=O) groups is 1. The molecule has 1 aromatic rings. The van der Waals surface area contributed by atoms with Gasteiger partial charge in [0.15, 0.2) is 0 Å². The number of ether oxygens (including phenoxy) is 4. The van der Waals surface area contributed by atoms with Crippen LogP contribution in [0.1, 0.15) is 18.1 Å². The highest BCUT2D eigenvalue weighted by Gasteiger charge is 2.49. The van der Waals surface area contributed by atoms with Crippen molar-refractivity contribution in [3.63, 3.8) is 0 Å². The van der Waals surface area contributed by atoms with Crippen molar-refractivity contribution < 1.29 is 65.8 Å². The number of quaternary nitrogens is 1. The van der Waals surface area contributed by atoms with Crippen LogP contribution in [-0.2, 0) is 25.5 Å². The second-order valence-electron chi connectivity index (χ2n) is 6.27. The van der Waals surface area contributed by atoms with E-state index in [9.17, 15) is 31.1 Å². The third-order valence-corrected chi connectivity index (χ3v) is 4.03. The molecule has 1 aliphatic rings. The summed E-state index contributed by atoms with van der Waals surface area (Å²) in [6, 6.07) is 1.75. The Morgan fingerprint density at radius 2 is 1.81 bits per heavy atom. The van der Waals surface area contributed by atoms with E-state index in [1.165, 1.54) is 6.92 Å². The quantitative estimate of drug-likeness (QED) is 0.231. The summed E-state index contributed by atoms with van der Waals surface area (Å²) in [5.74, 6) is -2.34. The first-order valence-electron chi connectivity index (χ1n) is 9.16. The van der Waals surface area contributed by atoms with Gasteiger partial charge in [0.2, 0.25) is 6.10 Å². The Morgan fingerprint density at radius 1 is 1.12 bits per heavy atom. The lowest BCUT2D eigenvalue weighted by Gasteiger charge is -2.29. The molecule has 1 atom stereocenters.